The molecule has 0 radical (unpaired) electrons. The van der Waals surface area contributed by atoms with E-state index in [1.165, 1.54) is 25.7 Å². The van der Waals surface area contributed by atoms with E-state index in [0.29, 0.717) is 12.2 Å². The predicted octanol–water partition coefficient (Wildman–Crippen LogP) is 1.36. The molecule has 3 fully saturated rings. The third-order valence-electron chi connectivity index (χ3n) is 2.41. The Bertz CT molecular complexity index is 121. The van der Waals surface area contributed by atoms with Gasteiger partial charge in [0.1, 0.15) is 12.2 Å². The minimum Gasteiger partial charge on any atom is -0.376 e. The fourth-order valence-electron chi connectivity index (χ4n) is 0.909. The highest BCUT2D eigenvalue weighted by Gasteiger charge is 2.26. The fraction of sp³-hybridized carbons (Fsp3) is 1.00. The largest absolute Gasteiger partial charge is 0.376 e. The van der Waals surface area contributed by atoms with Crippen molar-refractivity contribution < 1.29 is 14.2 Å². The zero-order chi connectivity index (χ0) is 8.93. The predicted molar refractivity (Wildman–Crippen MR) is 48.8 cm³/mol. The normalized spacial score (nSPS) is 34.2. The van der Waals surface area contributed by atoms with Crippen LogP contribution in [0.3, 0.4) is 0 Å². The van der Waals surface area contributed by atoms with Crippen LogP contribution in [0.2, 0.25) is 0 Å². The van der Waals surface area contributed by atoms with Crippen molar-refractivity contribution in [1.29, 1.82) is 0 Å². The van der Waals surface area contributed by atoms with Crippen LogP contribution in [0.15, 0.2) is 0 Å². The first-order valence-corrected chi connectivity index (χ1v) is 5.26. The SMILES string of the molecule is C(OCC1CO1)C1CO1.C1CCC1. The summed E-state index contributed by atoms with van der Waals surface area (Å²) in [5.74, 6) is 0. The number of ether oxygens (including phenoxy) is 3. The van der Waals surface area contributed by atoms with Gasteiger partial charge in [0, 0.05) is 0 Å². The Morgan fingerprint density at radius 1 is 0.846 bits per heavy atom. The summed E-state index contributed by atoms with van der Waals surface area (Å²) in [6.07, 6.45) is 6.78. The highest BCUT2D eigenvalue weighted by Crippen LogP contribution is 2.15. The molecule has 3 rings (SSSR count). The Hall–Kier alpha value is -0.120. The van der Waals surface area contributed by atoms with Gasteiger partial charge in [-0.1, -0.05) is 25.7 Å². The molecule has 0 aromatic heterocycles. The summed E-state index contributed by atoms with van der Waals surface area (Å²) >= 11 is 0. The maximum Gasteiger partial charge on any atom is 0.104 e. The van der Waals surface area contributed by atoms with Crippen molar-refractivity contribution in [3.05, 3.63) is 0 Å². The molecule has 0 aromatic carbocycles. The van der Waals surface area contributed by atoms with Gasteiger partial charge in [0.15, 0.2) is 0 Å². The molecule has 3 nitrogen and oxygen atoms in total. The molecule has 0 spiro atoms. The molecule has 2 atom stereocenters. The van der Waals surface area contributed by atoms with Crippen LogP contribution in [0.1, 0.15) is 25.7 Å². The maximum atomic E-state index is 5.23. The number of rotatable bonds is 4. The van der Waals surface area contributed by atoms with Gasteiger partial charge in [0.25, 0.3) is 0 Å². The topological polar surface area (TPSA) is 34.3 Å². The molecule has 2 unspecified atom stereocenters. The van der Waals surface area contributed by atoms with Crippen molar-refractivity contribution in [2.75, 3.05) is 26.4 Å². The van der Waals surface area contributed by atoms with Crippen molar-refractivity contribution in [3.8, 4) is 0 Å². The Balaban J connectivity index is 0.000000137. The van der Waals surface area contributed by atoms with E-state index < -0.39 is 0 Å². The molecule has 0 aromatic rings. The average molecular weight is 186 g/mol. The third-order valence-corrected chi connectivity index (χ3v) is 2.41. The lowest BCUT2D eigenvalue weighted by Gasteiger charge is -2.05. The average Bonchev–Trinajstić information content (AvgIpc) is 2.75. The molecular formula is C10H18O3. The van der Waals surface area contributed by atoms with Gasteiger partial charge in [0.2, 0.25) is 0 Å². The quantitative estimate of drug-likeness (QED) is 0.622. The van der Waals surface area contributed by atoms with E-state index in [1.807, 2.05) is 0 Å². The second-order valence-corrected chi connectivity index (χ2v) is 3.86. The van der Waals surface area contributed by atoms with E-state index in [1.54, 1.807) is 0 Å². The van der Waals surface area contributed by atoms with E-state index in [2.05, 4.69) is 0 Å². The number of epoxide rings is 2. The Kier molecular flexibility index (Phi) is 3.58. The molecule has 3 heteroatoms. The molecule has 2 heterocycles. The van der Waals surface area contributed by atoms with Crippen molar-refractivity contribution in [2.45, 2.75) is 37.9 Å². The number of hydrogen-bond acceptors (Lipinski definition) is 3. The van der Waals surface area contributed by atoms with Gasteiger partial charge in [-0.2, -0.15) is 0 Å². The lowest BCUT2D eigenvalue weighted by atomic mass is 10.0. The molecule has 0 N–H and O–H groups in total. The van der Waals surface area contributed by atoms with Crippen LogP contribution in [0.25, 0.3) is 0 Å². The van der Waals surface area contributed by atoms with Gasteiger partial charge in [0.05, 0.1) is 26.4 Å². The molecule has 0 amide bonds. The minimum absolute atomic E-state index is 0.392. The molecule has 13 heavy (non-hydrogen) atoms. The fourth-order valence-corrected chi connectivity index (χ4v) is 0.909. The maximum absolute atomic E-state index is 5.23. The van der Waals surface area contributed by atoms with Crippen LogP contribution in [0, 0.1) is 0 Å². The Labute approximate surface area is 79.4 Å². The minimum atomic E-state index is 0.392. The molecule has 2 aliphatic heterocycles. The first-order valence-electron chi connectivity index (χ1n) is 5.26. The first kappa shape index (κ1) is 9.44. The lowest BCUT2D eigenvalue weighted by Crippen LogP contribution is -2.06. The standard InChI is InChI=1S/C6H10O3.C4H8/c1(5-3-8-5)7-2-6-4-9-6;1-2-4-3-1/h5-6H,1-4H2;1-4H2. The van der Waals surface area contributed by atoms with Crippen molar-refractivity contribution in [3.63, 3.8) is 0 Å². The second kappa shape index (κ2) is 4.94. The van der Waals surface area contributed by atoms with Gasteiger partial charge in [-0.05, 0) is 0 Å². The lowest BCUT2D eigenvalue weighted by molar-refractivity contribution is 0.102. The van der Waals surface area contributed by atoms with Gasteiger partial charge in [-0.25, -0.2) is 0 Å². The summed E-state index contributed by atoms with van der Waals surface area (Å²) in [6.45, 7) is 3.26. The first-order chi connectivity index (χ1) is 6.45. The molecule has 1 aliphatic carbocycles. The summed E-state index contributed by atoms with van der Waals surface area (Å²) in [6, 6.07) is 0. The van der Waals surface area contributed by atoms with Crippen molar-refractivity contribution >= 4 is 0 Å². The second-order valence-electron chi connectivity index (χ2n) is 3.86. The smallest absolute Gasteiger partial charge is 0.104 e. The summed E-state index contributed by atoms with van der Waals surface area (Å²) in [5.41, 5.74) is 0. The monoisotopic (exact) mass is 186 g/mol. The molecule has 76 valence electrons. The van der Waals surface area contributed by atoms with Crippen LogP contribution in [0.5, 0.6) is 0 Å². The molecule has 3 aliphatic rings. The van der Waals surface area contributed by atoms with Crippen LogP contribution < -0.4 is 0 Å². The van der Waals surface area contributed by atoms with Crippen LogP contribution in [0.4, 0.5) is 0 Å². The van der Waals surface area contributed by atoms with Crippen molar-refractivity contribution in [2.24, 2.45) is 0 Å². The summed E-state index contributed by atoms with van der Waals surface area (Å²) in [4.78, 5) is 0. The zero-order valence-electron chi connectivity index (χ0n) is 8.04. The van der Waals surface area contributed by atoms with Crippen molar-refractivity contribution in [1.82, 2.24) is 0 Å². The number of hydrogen-bond donors (Lipinski definition) is 0. The van der Waals surface area contributed by atoms with Crippen LogP contribution in [-0.4, -0.2) is 38.6 Å². The Morgan fingerprint density at radius 3 is 1.46 bits per heavy atom. The van der Waals surface area contributed by atoms with Gasteiger partial charge >= 0.3 is 0 Å². The van der Waals surface area contributed by atoms with E-state index in [4.69, 9.17) is 14.2 Å². The van der Waals surface area contributed by atoms with Crippen LogP contribution >= 0.6 is 0 Å². The summed E-state index contributed by atoms with van der Waals surface area (Å²) in [5, 5.41) is 0. The van der Waals surface area contributed by atoms with E-state index >= 15 is 0 Å². The van der Waals surface area contributed by atoms with Gasteiger partial charge < -0.3 is 14.2 Å². The van der Waals surface area contributed by atoms with Gasteiger partial charge in [-0.15, -0.1) is 0 Å². The van der Waals surface area contributed by atoms with E-state index in [-0.39, 0.29) is 0 Å². The molecule has 0 bridgehead atoms. The third kappa shape index (κ3) is 4.60. The molecule has 1 saturated carbocycles. The van der Waals surface area contributed by atoms with Gasteiger partial charge in [-0.3, -0.25) is 0 Å². The summed E-state index contributed by atoms with van der Waals surface area (Å²) < 4.78 is 15.1. The highest BCUT2D eigenvalue weighted by atomic mass is 16.6. The molecule has 2 saturated heterocycles. The van der Waals surface area contributed by atoms with E-state index in [9.17, 15) is 0 Å². The summed E-state index contributed by atoms with van der Waals surface area (Å²) in [7, 11) is 0. The highest BCUT2D eigenvalue weighted by molar-refractivity contribution is 4.71. The zero-order valence-corrected chi connectivity index (χ0v) is 8.04. The van der Waals surface area contributed by atoms with E-state index in [0.717, 1.165) is 26.4 Å². The Morgan fingerprint density at radius 2 is 1.23 bits per heavy atom. The molecular weight excluding hydrogens is 168 g/mol. The van der Waals surface area contributed by atoms with Crippen LogP contribution in [-0.2, 0) is 14.2 Å².